The average Bonchev–Trinajstić information content (AvgIpc) is 3.51. The number of methoxy groups -OCH3 is 1. The Hall–Kier alpha value is -4.31. The van der Waals surface area contributed by atoms with Crippen LogP contribution in [-0.4, -0.2) is 47.8 Å². The lowest BCUT2D eigenvalue weighted by Gasteiger charge is -2.40. The van der Waals surface area contributed by atoms with Crippen LogP contribution >= 0.6 is 23.2 Å². The van der Waals surface area contributed by atoms with E-state index in [0.717, 1.165) is 16.8 Å². The van der Waals surface area contributed by atoms with Gasteiger partial charge in [-0.15, -0.1) is 0 Å². The van der Waals surface area contributed by atoms with Gasteiger partial charge in [-0.05, 0) is 77.1 Å². The number of rotatable bonds is 8. The highest BCUT2D eigenvalue weighted by Gasteiger charge is 2.63. The topological polar surface area (TPSA) is 111 Å². The molecular weight excluding hydrogens is 668 g/mol. The number of carboxylic acid groups (broad SMARTS) is 1. The molecule has 6 rings (SSSR count). The van der Waals surface area contributed by atoms with E-state index in [9.17, 15) is 19.8 Å². The zero-order valence-electron chi connectivity index (χ0n) is 27.6. The quantitative estimate of drug-likeness (QED) is 0.147. The standard InChI is InChI=1S/C38H38Cl2FN3O5/c1-37(2,3)18-31-38(20-44(19-21-7-5-8-24(45)15-21)29-17-23(39)12-13-26(29)38)32(25-9-6-10-27(40)33(25)41)34(43-31)35(46)42-28-14-11-22(36(47)48)16-30(28)49-4/h5-17,31-32,34,43,45H,18-20H2,1-4H3,(H,42,46)(H,47,48)/t31-,32-,34+,38-/m0/s1. The molecule has 1 fully saturated rings. The molecule has 0 aromatic heterocycles. The fourth-order valence-electron chi connectivity index (χ4n) is 7.64. The third kappa shape index (κ3) is 6.55. The van der Waals surface area contributed by atoms with E-state index < -0.39 is 35.1 Å². The van der Waals surface area contributed by atoms with Gasteiger partial charge in [-0.3, -0.25) is 4.79 Å². The van der Waals surface area contributed by atoms with Crippen molar-refractivity contribution in [3.8, 4) is 11.5 Å². The molecule has 0 saturated carbocycles. The summed E-state index contributed by atoms with van der Waals surface area (Å²) in [4.78, 5) is 28.3. The molecule has 4 atom stereocenters. The van der Waals surface area contributed by atoms with Crippen molar-refractivity contribution >= 4 is 46.5 Å². The van der Waals surface area contributed by atoms with E-state index in [-0.39, 0.29) is 39.2 Å². The fraction of sp³-hybridized carbons (Fsp3) is 0.316. The van der Waals surface area contributed by atoms with E-state index in [1.165, 1.54) is 31.4 Å². The maximum absolute atomic E-state index is 16.4. The molecule has 4 aromatic rings. The molecule has 49 heavy (non-hydrogen) atoms. The summed E-state index contributed by atoms with van der Waals surface area (Å²) in [6, 6.07) is 20.5. The van der Waals surface area contributed by atoms with Gasteiger partial charge in [0.1, 0.15) is 17.3 Å². The lowest BCUT2D eigenvalue weighted by molar-refractivity contribution is -0.118. The number of nitrogens with one attached hydrogen (secondary N) is 2. The largest absolute Gasteiger partial charge is 0.508 e. The number of aromatic carboxylic acids is 1. The highest BCUT2D eigenvalue weighted by molar-refractivity contribution is 6.31. The molecule has 2 aliphatic heterocycles. The van der Waals surface area contributed by atoms with Crippen LogP contribution in [0, 0.1) is 11.2 Å². The van der Waals surface area contributed by atoms with Crippen molar-refractivity contribution in [1.29, 1.82) is 0 Å². The number of carbonyl (C=O) groups excluding carboxylic acids is 1. The van der Waals surface area contributed by atoms with E-state index in [0.29, 0.717) is 30.1 Å². The van der Waals surface area contributed by atoms with E-state index in [1.807, 2.05) is 24.3 Å². The van der Waals surface area contributed by atoms with Crippen molar-refractivity contribution in [3.05, 3.63) is 117 Å². The molecule has 0 aliphatic carbocycles. The van der Waals surface area contributed by atoms with E-state index in [4.69, 9.17) is 27.9 Å². The number of amides is 1. The zero-order chi connectivity index (χ0) is 35.2. The van der Waals surface area contributed by atoms with Gasteiger partial charge < -0.3 is 30.5 Å². The molecule has 4 aromatic carbocycles. The SMILES string of the molecule is COc1cc(C(=O)O)ccc1NC(=O)[C@@H]1N[C@@H](CC(C)(C)C)[C@@]2(CN(Cc3cccc(O)c3)c3cc(Cl)ccc32)[C@H]1c1cccc(Cl)c1F. The predicted molar refractivity (Wildman–Crippen MR) is 190 cm³/mol. The van der Waals surface area contributed by atoms with Crippen molar-refractivity contribution in [2.45, 2.75) is 57.2 Å². The summed E-state index contributed by atoms with van der Waals surface area (Å²) < 4.78 is 21.8. The van der Waals surface area contributed by atoms with Crippen molar-refractivity contribution in [3.63, 3.8) is 0 Å². The Morgan fingerprint density at radius 3 is 2.51 bits per heavy atom. The molecule has 0 radical (unpaired) electrons. The molecule has 11 heteroatoms. The summed E-state index contributed by atoms with van der Waals surface area (Å²) in [6.07, 6.45) is 0.633. The Kier molecular flexibility index (Phi) is 9.30. The Morgan fingerprint density at radius 1 is 1.06 bits per heavy atom. The summed E-state index contributed by atoms with van der Waals surface area (Å²) in [7, 11) is 1.39. The van der Waals surface area contributed by atoms with E-state index >= 15 is 4.39 Å². The number of ether oxygens (including phenoxy) is 1. The second-order valence-electron chi connectivity index (χ2n) is 14.0. The van der Waals surface area contributed by atoms with Gasteiger partial charge in [0.05, 0.1) is 29.4 Å². The van der Waals surface area contributed by atoms with E-state index in [2.05, 4.69) is 36.3 Å². The molecule has 2 heterocycles. The molecule has 256 valence electrons. The predicted octanol–water partition coefficient (Wildman–Crippen LogP) is 8.00. The Balaban J connectivity index is 1.53. The fourth-order valence-corrected chi connectivity index (χ4v) is 7.99. The van der Waals surface area contributed by atoms with Gasteiger partial charge in [-0.2, -0.15) is 0 Å². The summed E-state index contributed by atoms with van der Waals surface area (Å²) >= 11 is 13.0. The van der Waals surface area contributed by atoms with Crippen molar-refractivity contribution in [2.24, 2.45) is 5.41 Å². The second-order valence-corrected chi connectivity index (χ2v) is 14.9. The molecule has 4 N–H and O–H groups in total. The van der Waals surface area contributed by atoms with Crippen LogP contribution in [0.3, 0.4) is 0 Å². The molecule has 2 aliphatic rings. The van der Waals surface area contributed by atoms with Crippen LogP contribution in [0.15, 0.2) is 78.9 Å². The van der Waals surface area contributed by atoms with Gasteiger partial charge in [0.15, 0.2) is 0 Å². The Morgan fingerprint density at radius 2 is 1.82 bits per heavy atom. The van der Waals surface area contributed by atoms with Crippen LogP contribution in [0.5, 0.6) is 11.5 Å². The first-order valence-corrected chi connectivity index (χ1v) is 16.7. The van der Waals surface area contributed by atoms with Crippen LogP contribution in [0.4, 0.5) is 15.8 Å². The third-order valence-electron chi connectivity index (χ3n) is 9.55. The van der Waals surface area contributed by atoms with Gasteiger partial charge in [0.2, 0.25) is 5.91 Å². The van der Waals surface area contributed by atoms with Crippen LogP contribution in [0.2, 0.25) is 10.0 Å². The smallest absolute Gasteiger partial charge is 0.335 e. The third-order valence-corrected chi connectivity index (χ3v) is 10.1. The Labute approximate surface area is 294 Å². The maximum atomic E-state index is 16.4. The lowest BCUT2D eigenvalue weighted by Crippen LogP contribution is -2.48. The lowest BCUT2D eigenvalue weighted by atomic mass is 9.63. The number of anilines is 2. The summed E-state index contributed by atoms with van der Waals surface area (Å²) in [5.41, 5.74) is 2.18. The van der Waals surface area contributed by atoms with Gasteiger partial charge in [0.25, 0.3) is 0 Å². The van der Waals surface area contributed by atoms with Crippen molar-refractivity contribution in [1.82, 2.24) is 5.32 Å². The minimum atomic E-state index is -1.13. The number of halogens is 3. The minimum absolute atomic E-state index is 0.00459. The number of carboxylic acids is 1. The number of benzene rings is 4. The van der Waals surface area contributed by atoms with Gasteiger partial charge in [0, 0.05) is 41.2 Å². The average molecular weight is 707 g/mol. The number of phenols is 1. The minimum Gasteiger partial charge on any atom is -0.508 e. The normalized spacial score (nSPS) is 21.5. The van der Waals surface area contributed by atoms with Gasteiger partial charge >= 0.3 is 5.97 Å². The number of hydrogen-bond acceptors (Lipinski definition) is 6. The molecule has 0 unspecified atom stereocenters. The first-order chi connectivity index (χ1) is 23.2. The van der Waals surface area contributed by atoms with Crippen LogP contribution in [-0.2, 0) is 16.8 Å². The summed E-state index contributed by atoms with van der Waals surface area (Å²) in [5, 5.41) is 26.8. The Bertz CT molecular complexity index is 1930. The van der Waals surface area contributed by atoms with Crippen LogP contribution in [0.25, 0.3) is 0 Å². The first-order valence-electron chi connectivity index (χ1n) is 16.0. The monoisotopic (exact) mass is 705 g/mol. The summed E-state index contributed by atoms with van der Waals surface area (Å²) in [6.45, 7) is 7.22. The molecule has 8 nitrogen and oxygen atoms in total. The summed E-state index contributed by atoms with van der Waals surface area (Å²) in [5.74, 6) is -2.60. The number of nitrogens with zero attached hydrogens (tertiary/aromatic N) is 1. The number of aromatic hydroxyl groups is 1. The van der Waals surface area contributed by atoms with Gasteiger partial charge in [-0.25, -0.2) is 9.18 Å². The second kappa shape index (κ2) is 13.2. The van der Waals surface area contributed by atoms with Crippen molar-refractivity contribution < 1.29 is 28.9 Å². The van der Waals surface area contributed by atoms with Crippen LogP contribution in [0.1, 0.15) is 60.2 Å². The van der Waals surface area contributed by atoms with Crippen LogP contribution < -0.4 is 20.3 Å². The molecule has 1 saturated heterocycles. The molecule has 1 amide bonds. The van der Waals surface area contributed by atoms with Crippen molar-refractivity contribution in [2.75, 3.05) is 23.9 Å². The first kappa shape index (κ1) is 34.5. The number of fused-ring (bicyclic) bond motifs is 2. The van der Waals surface area contributed by atoms with Gasteiger partial charge in [-0.1, -0.05) is 74.3 Å². The van der Waals surface area contributed by atoms with E-state index in [1.54, 1.807) is 30.3 Å². The highest BCUT2D eigenvalue weighted by Crippen LogP contribution is 2.58. The molecular formula is C38H38Cl2FN3O5. The highest BCUT2D eigenvalue weighted by atomic mass is 35.5. The molecule has 1 spiro atoms. The molecule has 0 bridgehead atoms. The maximum Gasteiger partial charge on any atom is 0.335 e. The number of hydrogen-bond donors (Lipinski definition) is 4. The number of carbonyl (C=O) groups is 2. The number of phenolic OH excluding ortho intramolecular Hbond substituents is 1. The zero-order valence-corrected chi connectivity index (χ0v) is 29.1.